The molecule has 0 aliphatic carbocycles. The average Bonchev–Trinajstić information content (AvgIpc) is 2.84. The number of morpholine rings is 1. The summed E-state index contributed by atoms with van der Waals surface area (Å²) in [6, 6.07) is 14.6. The van der Waals surface area contributed by atoms with Gasteiger partial charge in [-0.25, -0.2) is 8.42 Å². The van der Waals surface area contributed by atoms with Gasteiger partial charge in [0.05, 0.1) is 18.0 Å². The van der Waals surface area contributed by atoms with Crippen molar-refractivity contribution in [1.29, 1.82) is 0 Å². The van der Waals surface area contributed by atoms with Gasteiger partial charge in [0.2, 0.25) is 15.9 Å². The first-order chi connectivity index (χ1) is 15.8. The molecule has 33 heavy (non-hydrogen) atoms. The standard InChI is InChI=1S/C25H31ClN2O4S/c1-18(2)19-5-9-23(10-6-19)33(30,31)28-13-11-21(12-14-28)25(29)27-15-16-32-24(17-27)20-3-7-22(26)8-4-20/h3-10,18,21,24H,11-17H2,1-2H3. The van der Waals surface area contributed by atoms with Crippen LogP contribution in [0.5, 0.6) is 0 Å². The number of halogens is 1. The molecule has 1 unspecified atom stereocenters. The number of carbonyl (C=O) groups excluding carboxylic acids is 1. The van der Waals surface area contributed by atoms with Crippen LogP contribution in [0.4, 0.5) is 0 Å². The number of nitrogens with zero attached hydrogens (tertiary/aromatic N) is 2. The number of benzene rings is 2. The van der Waals surface area contributed by atoms with Crippen molar-refractivity contribution < 1.29 is 17.9 Å². The maximum Gasteiger partial charge on any atom is 0.243 e. The first kappa shape index (κ1) is 24.2. The molecule has 1 atom stereocenters. The summed E-state index contributed by atoms with van der Waals surface area (Å²) < 4.78 is 33.5. The summed E-state index contributed by atoms with van der Waals surface area (Å²) in [7, 11) is -3.55. The number of amides is 1. The monoisotopic (exact) mass is 490 g/mol. The van der Waals surface area contributed by atoms with Gasteiger partial charge in [0.25, 0.3) is 0 Å². The first-order valence-electron chi connectivity index (χ1n) is 11.5. The lowest BCUT2D eigenvalue weighted by atomic mass is 9.96. The van der Waals surface area contributed by atoms with Crippen molar-refractivity contribution in [3.05, 3.63) is 64.7 Å². The van der Waals surface area contributed by atoms with Crippen LogP contribution in [0.1, 0.15) is 49.8 Å². The van der Waals surface area contributed by atoms with Gasteiger partial charge < -0.3 is 9.64 Å². The van der Waals surface area contributed by atoms with Gasteiger partial charge in [0.1, 0.15) is 6.10 Å². The van der Waals surface area contributed by atoms with E-state index in [1.807, 2.05) is 41.3 Å². The number of carbonyl (C=O) groups is 1. The number of rotatable bonds is 5. The highest BCUT2D eigenvalue weighted by molar-refractivity contribution is 7.89. The Morgan fingerprint density at radius 2 is 1.64 bits per heavy atom. The van der Waals surface area contributed by atoms with Crippen molar-refractivity contribution in [2.45, 2.75) is 43.6 Å². The molecule has 0 aromatic heterocycles. The number of piperidine rings is 1. The Labute approximate surface area is 201 Å². The Bertz CT molecular complexity index is 1060. The van der Waals surface area contributed by atoms with E-state index in [0.717, 1.165) is 11.1 Å². The van der Waals surface area contributed by atoms with Crippen molar-refractivity contribution in [2.75, 3.05) is 32.8 Å². The van der Waals surface area contributed by atoms with Crippen LogP contribution in [0.3, 0.4) is 0 Å². The van der Waals surface area contributed by atoms with E-state index >= 15 is 0 Å². The molecule has 2 aromatic carbocycles. The molecule has 2 aliphatic heterocycles. The maximum absolute atomic E-state index is 13.2. The van der Waals surface area contributed by atoms with Crippen LogP contribution in [0.25, 0.3) is 0 Å². The van der Waals surface area contributed by atoms with E-state index in [4.69, 9.17) is 16.3 Å². The molecule has 0 N–H and O–H groups in total. The second-order valence-corrected chi connectivity index (χ2v) is 11.5. The maximum atomic E-state index is 13.2. The fraction of sp³-hybridized carbons (Fsp3) is 0.480. The Morgan fingerprint density at radius 3 is 2.24 bits per heavy atom. The molecule has 2 aliphatic rings. The quantitative estimate of drug-likeness (QED) is 0.620. The van der Waals surface area contributed by atoms with Crippen LogP contribution < -0.4 is 0 Å². The predicted molar refractivity (Wildman–Crippen MR) is 129 cm³/mol. The molecule has 0 saturated carbocycles. The molecule has 0 radical (unpaired) electrons. The van der Waals surface area contributed by atoms with Crippen molar-refractivity contribution in [3.8, 4) is 0 Å². The Balaban J connectivity index is 1.36. The summed E-state index contributed by atoms with van der Waals surface area (Å²) in [6.07, 6.45) is 0.894. The first-order valence-corrected chi connectivity index (χ1v) is 13.3. The number of hydrogen-bond acceptors (Lipinski definition) is 4. The van der Waals surface area contributed by atoms with Gasteiger partial charge in [0.15, 0.2) is 0 Å². The Morgan fingerprint density at radius 1 is 1.00 bits per heavy atom. The zero-order valence-corrected chi connectivity index (χ0v) is 20.7. The zero-order valence-electron chi connectivity index (χ0n) is 19.1. The van der Waals surface area contributed by atoms with E-state index in [0.29, 0.717) is 61.5 Å². The molecule has 2 aromatic rings. The van der Waals surface area contributed by atoms with E-state index in [2.05, 4.69) is 13.8 Å². The molecular weight excluding hydrogens is 460 g/mol. The summed E-state index contributed by atoms with van der Waals surface area (Å²) in [5, 5.41) is 0.667. The van der Waals surface area contributed by atoms with Gasteiger partial charge in [-0.2, -0.15) is 4.31 Å². The third kappa shape index (κ3) is 5.43. The van der Waals surface area contributed by atoms with Crippen molar-refractivity contribution in [2.24, 2.45) is 5.92 Å². The fourth-order valence-corrected chi connectivity index (χ4v) is 6.10. The molecule has 2 fully saturated rings. The van der Waals surface area contributed by atoms with Crippen LogP contribution in [0.2, 0.25) is 5.02 Å². The molecule has 0 bridgehead atoms. The van der Waals surface area contributed by atoms with Crippen LogP contribution in [-0.4, -0.2) is 56.3 Å². The number of hydrogen-bond donors (Lipinski definition) is 0. The average molecular weight is 491 g/mol. The molecule has 178 valence electrons. The van der Waals surface area contributed by atoms with Gasteiger partial charge >= 0.3 is 0 Å². The summed E-state index contributed by atoms with van der Waals surface area (Å²) in [6.45, 7) is 6.42. The minimum Gasteiger partial charge on any atom is -0.370 e. The zero-order chi connectivity index (χ0) is 23.6. The Hall–Kier alpha value is -1.93. The highest BCUT2D eigenvalue weighted by Gasteiger charge is 2.35. The van der Waals surface area contributed by atoms with Crippen LogP contribution in [-0.2, 0) is 19.6 Å². The lowest BCUT2D eigenvalue weighted by Gasteiger charge is -2.37. The third-order valence-corrected chi connectivity index (χ3v) is 8.77. The molecule has 6 nitrogen and oxygen atoms in total. The smallest absolute Gasteiger partial charge is 0.243 e. The number of sulfonamides is 1. The van der Waals surface area contributed by atoms with Crippen LogP contribution >= 0.6 is 11.6 Å². The van der Waals surface area contributed by atoms with Crippen LogP contribution in [0.15, 0.2) is 53.4 Å². The largest absolute Gasteiger partial charge is 0.370 e. The summed E-state index contributed by atoms with van der Waals surface area (Å²) in [5.41, 5.74) is 2.11. The second kappa shape index (κ2) is 10.1. The normalized spacial score (nSPS) is 20.8. The number of ether oxygens (including phenoxy) is 1. The lowest BCUT2D eigenvalue weighted by Crippen LogP contribution is -2.48. The van der Waals surface area contributed by atoms with Crippen LogP contribution in [0, 0.1) is 5.92 Å². The molecule has 1 amide bonds. The van der Waals surface area contributed by atoms with E-state index in [1.165, 1.54) is 4.31 Å². The predicted octanol–water partition coefficient (Wildman–Crippen LogP) is 4.46. The SMILES string of the molecule is CC(C)c1ccc(S(=O)(=O)N2CCC(C(=O)N3CCOC(c4ccc(Cl)cc4)C3)CC2)cc1. The molecule has 8 heteroatoms. The van der Waals surface area contributed by atoms with E-state index < -0.39 is 10.0 Å². The molecule has 2 heterocycles. The van der Waals surface area contributed by atoms with Gasteiger partial charge in [-0.15, -0.1) is 0 Å². The minimum absolute atomic E-state index is 0.0931. The molecular formula is C25H31ClN2O4S. The highest BCUT2D eigenvalue weighted by atomic mass is 35.5. The third-order valence-electron chi connectivity index (χ3n) is 6.61. The van der Waals surface area contributed by atoms with E-state index in [9.17, 15) is 13.2 Å². The molecule has 4 rings (SSSR count). The summed E-state index contributed by atoms with van der Waals surface area (Å²) in [5.74, 6) is 0.280. The lowest BCUT2D eigenvalue weighted by molar-refractivity contribution is -0.144. The second-order valence-electron chi connectivity index (χ2n) is 9.10. The van der Waals surface area contributed by atoms with E-state index in [-0.39, 0.29) is 17.9 Å². The van der Waals surface area contributed by atoms with Gasteiger partial charge in [-0.05, 0) is 54.2 Å². The van der Waals surface area contributed by atoms with Gasteiger partial charge in [-0.3, -0.25) is 4.79 Å². The van der Waals surface area contributed by atoms with Gasteiger partial charge in [-0.1, -0.05) is 49.7 Å². The van der Waals surface area contributed by atoms with E-state index in [1.54, 1.807) is 12.1 Å². The van der Waals surface area contributed by atoms with Crippen molar-refractivity contribution in [3.63, 3.8) is 0 Å². The fourth-order valence-electron chi connectivity index (χ4n) is 4.50. The van der Waals surface area contributed by atoms with Crippen molar-refractivity contribution >= 4 is 27.5 Å². The minimum atomic E-state index is -3.55. The topological polar surface area (TPSA) is 66.9 Å². The van der Waals surface area contributed by atoms with Gasteiger partial charge in [0, 0.05) is 30.6 Å². The van der Waals surface area contributed by atoms with Crippen molar-refractivity contribution in [1.82, 2.24) is 9.21 Å². The molecule has 2 saturated heterocycles. The highest BCUT2D eigenvalue weighted by Crippen LogP contribution is 2.29. The summed E-state index contributed by atoms with van der Waals surface area (Å²) >= 11 is 5.98. The molecule has 0 spiro atoms. The Kier molecular flexibility index (Phi) is 7.43. The summed E-state index contributed by atoms with van der Waals surface area (Å²) in [4.78, 5) is 15.4.